The highest BCUT2D eigenvalue weighted by molar-refractivity contribution is 5.99. The molecule has 0 spiro atoms. The fourth-order valence-electron chi connectivity index (χ4n) is 3.95. The van der Waals surface area contributed by atoms with Crippen molar-refractivity contribution in [2.45, 2.75) is 64.9 Å². The van der Waals surface area contributed by atoms with Crippen LogP contribution < -0.4 is 4.74 Å². The van der Waals surface area contributed by atoms with Crippen molar-refractivity contribution in [2.24, 2.45) is 0 Å². The van der Waals surface area contributed by atoms with Gasteiger partial charge in [0, 0.05) is 17.2 Å². The highest BCUT2D eigenvalue weighted by atomic mass is 16.5. The molecule has 0 bridgehead atoms. The average molecular weight is 352 g/mol. The van der Waals surface area contributed by atoms with E-state index < -0.39 is 0 Å². The maximum absolute atomic E-state index is 11.9. The number of carbonyl (C=O) groups is 1. The molecule has 0 radical (unpaired) electrons. The molecule has 138 valence electrons. The van der Waals surface area contributed by atoms with Crippen LogP contribution in [0, 0.1) is 0 Å². The lowest BCUT2D eigenvalue weighted by atomic mass is 9.77. The predicted octanol–water partition coefficient (Wildman–Crippen LogP) is 6.23. The van der Waals surface area contributed by atoms with Crippen LogP contribution in [0.3, 0.4) is 0 Å². The molecule has 0 saturated carbocycles. The van der Waals surface area contributed by atoms with Gasteiger partial charge >= 0.3 is 0 Å². The number of hydrogen-bond acceptors (Lipinski definition) is 3. The van der Waals surface area contributed by atoms with Crippen LogP contribution in [0.1, 0.15) is 75.2 Å². The summed E-state index contributed by atoms with van der Waals surface area (Å²) in [6, 6.07) is 11.7. The van der Waals surface area contributed by atoms with Crippen LogP contribution in [0.4, 0.5) is 0 Å². The van der Waals surface area contributed by atoms with Gasteiger partial charge in [-0.2, -0.15) is 0 Å². The van der Waals surface area contributed by atoms with E-state index in [0.717, 1.165) is 49.7 Å². The highest BCUT2D eigenvalue weighted by Crippen LogP contribution is 2.51. The van der Waals surface area contributed by atoms with Gasteiger partial charge in [0.25, 0.3) is 0 Å². The number of ketones is 1. The van der Waals surface area contributed by atoms with Crippen molar-refractivity contribution in [3.05, 3.63) is 47.5 Å². The zero-order valence-electron chi connectivity index (χ0n) is 16.0. The second-order valence-electron chi connectivity index (χ2n) is 7.27. The summed E-state index contributed by atoms with van der Waals surface area (Å²) < 4.78 is 6.59. The lowest BCUT2D eigenvalue weighted by Crippen LogP contribution is -2.36. The number of ether oxygens (including phenoxy) is 1. The number of benzene rings is 2. The van der Waals surface area contributed by atoms with Gasteiger partial charge in [-0.05, 0) is 44.2 Å². The molecule has 0 fully saturated rings. The van der Waals surface area contributed by atoms with Crippen molar-refractivity contribution in [2.75, 3.05) is 0 Å². The maximum atomic E-state index is 11.9. The first kappa shape index (κ1) is 18.5. The van der Waals surface area contributed by atoms with Crippen molar-refractivity contribution in [1.82, 2.24) is 0 Å². The molecule has 1 N–H and O–H groups in total. The number of carbonyl (C=O) groups excluding carboxylic acids is 1. The molecular formula is C23H28O3. The molecule has 1 heterocycles. The van der Waals surface area contributed by atoms with Crippen molar-refractivity contribution >= 4 is 5.78 Å². The molecule has 0 amide bonds. The van der Waals surface area contributed by atoms with E-state index in [0.29, 0.717) is 11.3 Å². The van der Waals surface area contributed by atoms with Crippen LogP contribution in [0.5, 0.6) is 11.5 Å². The Morgan fingerprint density at radius 1 is 1.04 bits per heavy atom. The second kappa shape index (κ2) is 7.53. The van der Waals surface area contributed by atoms with Crippen LogP contribution in [0.15, 0.2) is 36.4 Å². The van der Waals surface area contributed by atoms with E-state index in [4.69, 9.17) is 4.74 Å². The number of phenols is 1. The van der Waals surface area contributed by atoms with Gasteiger partial charge in [-0.1, -0.05) is 51.0 Å². The largest absolute Gasteiger partial charge is 0.507 e. The smallest absolute Gasteiger partial charge is 0.163 e. The van der Waals surface area contributed by atoms with E-state index in [1.807, 2.05) is 6.07 Å². The number of aromatic hydroxyl groups is 1. The van der Waals surface area contributed by atoms with E-state index in [-0.39, 0.29) is 17.1 Å². The molecule has 0 aliphatic carbocycles. The Bertz CT molecular complexity index is 799. The van der Waals surface area contributed by atoms with Crippen LogP contribution in [0.25, 0.3) is 11.1 Å². The van der Waals surface area contributed by atoms with Gasteiger partial charge < -0.3 is 9.84 Å². The first-order chi connectivity index (χ1) is 12.5. The summed E-state index contributed by atoms with van der Waals surface area (Å²) >= 11 is 0. The first-order valence-corrected chi connectivity index (χ1v) is 9.69. The van der Waals surface area contributed by atoms with Gasteiger partial charge in [0.1, 0.15) is 17.1 Å². The normalized spacial score (nSPS) is 14.3. The van der Waals surface area contributed by atoms with Gasteiger partial charge in [0.15, 0.2) is 5.78 Å². The van der Waals surface area contributed by atoms with Gasteiger partial charge in [0.2, 0.25) is 0 Å². The van der Waals surface area contributed by atoms with Crippen molar-refractivity contribution in [1.29, 1.82) is 0 Å². The van der Waals surface area contributed by atoms with Gasteiger partial charge in [-0.3, -0.25) is 4.79 Å². The maximum Gasteiger partial charge on any atom is 0.163 e. The summed E-state index contributed by atoms with van der Waals surface area (Å²) in [6.07, 6.45) is 6.31. The molecule has 3 rings (SSSR count). The quantitative estimate of drug-likeness (QED) is 0.601. The fourth-order valence-corrected chi connectivity index (χ4v) is 3.95. The first-order valence-electron chi connectivity index (χ1n) is 9.69. The van der Waals surface area contributed by atoms with Crippen LogP contribution in [-0.2, 0) is 5.60 Å². The second-order valence-corrected chi connectivity index (χ2v) is 7.27. The fraction of sp³-hybridized carbons (Fsp3) is 0.435. The molecule has 0 unspecified atom stereocenters. The molecular weight excluding hydrogens is 324 g/mol. The summed E-state index contributed by atoms with van der Waals surface area (Å²) in [7, 11) is 0. The van der Waals surface area contributed by atoms with Crippen molar-refractivity contribution < 1.29 is 14.6 Å². The van der Waals surface area contributed by atoms with E-state index in [9.17, 15) is 9.90 Å². The molecule has 0 atom stereocenters. The molecule has 2 aromatic carbocycles. The summed E-state index contributed by atoms with van der Waals surface area (Å²) in [5.41, 5.74) is 3.20. The van der Waals surface area contributed by atoms with Gasteiger partial charge in [-0.25, -0.2) is 0 Å². The van der Waals surface area contributed by atoms with Crippen LogP contribution in [0.2, 0.25) is 0 Å². The Hall–Kier alpha value is -2.29. The molecule has 1 aliphatic heterocycles. The number of rotatable bonds is 7. The SMILES string of the molecule is CCCCC1(CCCC)Oc2cc(O)c(C(C)=O)cc2-c2ccccc21. The minimum absolute atomic E-state index is 0.00415. The zero-order valence-corrected chi connectivity index (χ0v) is 16.0. The minimum Gasteiger partial charge on any atom is -0.507 e. The Labute approximate surface area is 156 Å². The highest BCUT2D eigenvalue weighted by Gasteiger charge is 2.40. The number of fused-ring (bicyclic) bond motifs is 3. The van der Waals surface area contributed by atoms with Gasteiger partial charge in [0.05, 0.1) is 5.56 Å². The molecule has 3 heteroatoms. The summed E-state index contributed by atoms with van der Waals surface area (Å²) in [4.78, 5) is 11.9. The Kier molecular flexibility index (Phi) is 5.36. The molecule has 1 aliphatic rings. The third kappa shape index (κ3) is 3.23. The Morgan fingerprint density at radius 3 is 2.31 bits per heavy atom. The summed E-state index contributed by atoms with van der Waals surface area (Å²) in [5.74, 6) is 0.533. The van der Waals surface area contributed by atoms with Crippen molar-refractivity contribution in [3.63, 3.8) is 0 Å². The third-order valence-electron chi connectivity index (χ3n) is 5.36. The molecule has 0 aromatic heterocycles. The predicted molar refractivity (Wildman–Crippen MR) is 105 cm³/mol. The summed E-state index contributed by atoms with van der Waals surface area (Å²) in [6.45, 7) is 5.87. The average Bonchev–Trinajstić information content (AvgIpc) is 2.64. The third-order valence-corrected chi connectivity index (χ3v) is 5.36. The van der Waals surface area contributed by atoms with Crippen LogP contribution in [-0.4, -0.2) is 10.9 Å². The Balaban J connectivity index is 2.18. The number of unbranched alkanes of at least 4 members (excludes halogenated alkanes) is 2. The standard InChI is InChI=1S/C23H28O3/c1-4-6-12-23(13-7-5-2)20-11-9-8-10-17(20)19-14-18(16(3)24)21(25)15-22(19)26-23/h8-11,14-15,25H,4-7,12-13H2,1-3H3. The monoisotopic (exact) mass is 352 g/mol. The van der Waals surface area contributed by atoms with Gasteiger partial charge in [-0.15, -0.1) is 0 Å². The summed E-state index contributed by atoms with van der Waals surface area (Å²) in [5, 5.41) is 10.3. The van der Waals surface area contributed by atoms with Crippen LogP contribution >= 0.6 is 0 Å². The number of Topliss-reactive ketones (excluding diaryl/α,β-unsaturated/α-hetero) is 1. The van der Waals surface area contributed by atoms with E-state index in [2.05, 4.69) is 32.0 Å². The molecule has 26 heavy (non-hydrogen) atoms. The lowest BCUT2D eigenvalue weighted by Gasteiger charge is -2.41. The van der Waals surface area contributed by atoms with E-state index >= 15 is 0 Å². The lowest BCUT2D eigenvalue weighted by molar-refractivity contribution is 0.0394. The molecule has 0 saturated heterocycles. The zero-order chi connectivity index (χ0) is 18.7. The molecule has 3 nitrogen and oxygen atoms in total. The number of phenolic OH excluding ortho intramolecular Hbond substituents is 1. The van der Waals surface area contributed by atoms with E-state index in [1.165, 1.54) is 12.5 Å². The topological polar surface area (TPSA) is 46.5 Å². The number of hydrogen-bond donors (Lipinski definition) is 1. The van der Waals surface area contributed by atoms with E-state index in [1.54, 1.807) is 12.1 Å². The van der Waals surface area contributed by atoms with Crippen molar-refractivity contribution in [3.8, 4) is 22.6 Å². The minimum atomic E-state index is -0.361. The molecule has 2 aromatic rings. The Morgan fingerprint density at radius 2 is 1.69 bits per heavy atom.